The molecule has 0 aliphatic carbocycles. The van der Waals surface area contributed by atoms with Crippen LogP contribution in [0.1, 0.15) is 29.0 Å². The average molecular weight is 286 g/mol. The number of aromatic nitrogens is 2. The van der Waals surface area contributed by atoms with E-state index in [2.05, 4.69) is 5.10 Å². The van der Waals surface area contributed by atoms with Crippen LogP contribution in [0.5, 0.6) is 0 Å². The molecule has 1 aromatic rings. The fourth-order valence-corrected chi connectivity index (χ4v) is 2.50. The van der Waals surface area contributed by atoms with Gasteiger partial charge in [0.25, 0.3) is 5.91 Å². The quantitative estimate of drug-likeness (QED) is 0.789. The lowest BCUT2D eigenvalue weighted by atomic mass is 10.1. The number of aryl methyl sites for hydroxylation is 2. The molecule has 0 atom stereocenters. The number of carbonyl (C=O) groups is 1. The summed E-state index contributed by atoms with van der Waals surface area (Å²) in [6.45, 7) is 3.94. The van der Waals surface area contributed by atoms with Gasteiger partial charge in [-0.2, -0.15) is 5.10 Å². The van der Waals surface area contributed by atoms with Crippen LogP contribution in [0.25, 0.3) is 0 Å². The van der Waals surface area contributed by atoms with Gasteiger partial charge in [-0.25, -0.2) is 0 Å². The summed E-state index contributed by atoms with van der Waals surface area (Å²) in [5, 5.41) is 4.21. The third kappa shape index (κ3) is 3.48. The Morgan fingerprint density at radius 1 is 1.53 bits per heavy atom. The zero-order valence-electron chi connectivity index (χ0n) is 11.4. The van der Waals surface area contributed by atoms with E-state index in [4.69, 9.17) is 16.3 Å². The molecule has 1 aliphatic heterocycles. The summed E-state index contributed by atoms with van der Waals surface area (Å²) in [5.41, 5.74) is 1.52. The van der Waals surface area contributed by atoms with E-state index in [0.29, 0.717) is 18.2 Å². The van der Waals surface area contributed by atoms with E-state index in [1.54, 1.807) is 11.7 Å². The highest BCUT2D eigenvalue weighted by atomic mass is 35.5. The van der Waals surface area contributed by atoms with Crippen molar-refractivity contribution in [2.45, 2.75) is 25.9 Å². The van der Waals surface area contributed by atoms with Crippen LogP contribution in [0.2, 0.25) is 0 Å². The first-order chi connectivity index (χ1) is 9.11. The lowest BCUT2D eigenvalue weighted by molar-refractivity contribution is 0.0151. The van der Waals surface area contributed by atoms with Crippen molar-refractivity contribution in [2.24, 2.45) is 7.05 Å². The smallest absolute Gasteiger partial charge is 0.272 e. The maximum absolute atomic E-state index is 12.4. The molecule has 106 valence electrons. The summed E-state index contributed by atoms with van der Waals surface area (Å²) < 4.78 is 7.25. The van der Waals surface area contributed by atoms with Crippen LogP contribution in [0.15, 0.2) is 6.07 Å². The molecule has 2 rings (SSSR count). The number of carbonyl (C=O) groups excluding carboxylic acids is 1. The molecule has 0 spiro atoms. The molecule has 0 bridgehead atoms. The minimum atomic E-state index is 0.0545. The zero-order chi connectivity index (χ0) is 13.8. The normalized spacial score (nSPS) is 16.9. The van der Waals surface area contributed by atoms with E-state index in [1.165, 1.54) is 0 Å². The fourth-order valence-electron chi connectivity index (χ4n) is 2.41. The van der Waals surface area contributed by atoms with Gasteiger partial charge in [0.2, 0.25) is 0 Å². The van der Waals surface area contributed by atoms with Crippen molar-refractivity contribution in [3.63, 3.8) is 0 Å². The molecule has 0 aromatic carbocycles. The number of likely N-dealkylation sites (tertiary alicyclic amines) is 1. The molecule has 1 saturated heterocycles. The molecule has 0 N–H and O–H groups in total. The minimum Gasteiger partial charge on any atom is -0.377 e. The van der Waals surface area contributed by atoms with Crippen molar-refractivity contribution in [1.29, 1.82) is 0 Å². The van der Waals surface area contributed by atoms with E-state index < -0.39 is 0 Å². The van der Waals surface area contributed by atoms with Crippen LogP contribution in [-0.2, 0) is 11.8 Å². The first-order valence-electron chi connectivity index (χ1n) is 6.59. The van der Waals surface area contributed by atoms with Gasteiger partial charge in [0, 0.05) is 26.0 Å². The summed E-state index contributed by atoms with van der Waals surface area (Å²) in [6.07, 6.45) is 1.98. The summed E-state index contributed by atoms with van der Waals surface area (Å²) in [6, 6.07) is 1.83. The molecule has 1 aliphatic rings. The Labute approximate surface area is 118 Å². The van der Waals surface area contributed by atoms with Gasteiger partial charge >= 0.3 is 0 Å². The summed E-state index contributed by atoms with van der Waals surface area (Å²) >= 11 is 5.60. The highest BCUT2D eigenvalue weighted by molar-refractivity contribution is 6.17. The molecule has 0 unspecified atom stereocenters. The van der Waals surface area contributed by atoms with Crippen LogP contribution < -0.4 is 0 Å². The highest BCUT2D eigenvalue weighted by Gasteiger charge is 2.25. The summed E-state index contributed by atoms with van der Waals surface area (Å²) in [7, 11) is 1.80. The van der Waals surface area contributed by atoms with Crippen molar-refractivity contribution in [1.82, 2.24) is 14.7 Å². The third-order valence-corrected chi connectivity index (χ3v) is 3.54. The Kier molecular flexibility index (Phi) is 4.82. The Hall–Kier alpha value is -1.07. The molecule has 5 nitrogen and oxygen atoms in total. The Morgan fingerprint density at radius 2 is 2.21 bits per heavy atom. The fraction of sp³-hybridized carbons (Fsp3) is 0.692. The topological polar surface area (TPSA) is 47.4 Å². The van der Waals surface area contributed by atoms with E-state index in [0.717, 1.165) is 31.6 Å². The number of ether oxygens (including phenoxy) is 1. The van der Waals surface area contributed by atoms with Gasteiger partial charge in [-0.15, -0.1) is 11.6 Å². The number of nitrogens with zero attached hydrogens (tertiary/aromatic N) is 3. The van der Waals surface area contributed by atoms with E-state index in [-0.39, 0.29) is 12.0 Å². The molecule has 2 heterocycles. The van der Waals surface area contributed by atoms with Crippen LogP contribution in [-0.4, -0.2) is 52.3 Å². The van der Waals surface area contributed by atoms with Crippen LogP contribution in [0.4, 0.5) is 0 Å². The third-order valence-electron chi connectivity index (χ3n) is 3.38. The van der Waals surface area contributed by atoms with Crippen molar-refractivity contribution in [2.75, 3.05) is 25.6 Å². The van der Waals surface area contributed by atoms with Crippen molar-refractivity contribution in [3.8, 4) is 0 Å². The zero-order valence-corrected chi connectivity index (χ0v) is 12.2. The van der Waals surface area contributed by atoms with Crippen molar-refractivity contribution < 1.29 is 9.53 Å². The Balaban J connectivity index is 1.91. The molecule has 19 heavy (non-hydrogen) atoms. The van der Waals surface area contributed by atoms with Crippen LogP contribution in [0, 0.1) is 6.92 Å². The number of halogens is 1. The monoisotopic (exact) mass is 285 g/mol. The number of hydrogen-bond donors (Lipinski definition) is 0. The number of piperidine rings is 1. The second kappa shape index (κ2) is 6.39. The van der Waals surface area contributed by atoms with Gasteiger partial charge in [0.05, 0.1) is 18.4 Å². The molecular formula is C13H20ClN3O2. The van der Waals surface area contributed by atoms with Gasteiger partial charge in [-0.3, -0.25) is 9.48 Å². The summed E-state index contributed by atoms with van der Waals surface area (Å²) in [4.78, 5) is 14.2. The predicted molar refractivity (Wildman–Crippen MR) is 73.5 cm³/mol. The van der Waals surface area contributed by atoms with Crippen molar-refractivity contribution in [3.05, 3.63) is 17.5 Å². The molecule has 0 saturated carbocycles. The molecule has 6 heteroatoms. The largest absolute Gasteiger partial charge is 0.377 e. The Morgan fingerprint density at radius 3 is 2.74 bits per heavy atom. The first kappa shape index (κ1) is 14.3. The minimum absolute atomic E-state index is 0.0545. The maximum Gasteiger partial charge on any atom is 0.272 e. The van der Waals surface area contributed by atoms with E-state index in [9.17, 15) is 4.79 Å². The standard InChI is InChI=1S/C13H20ClN3O2/c1-10-9-12(16(2)15-10)13(18)17-6-3-11(4-7-17)19-8-5-14/h9,11H,3-8H2,1-2H3. The van der Waals surface area contributed by atoms with Gasteiger partial charge in [0.1, 0.15) is 5.69 Å². The Bertz CT molecular complexity index is 439. The van der Waals surface area contributed by atoms with E-state index >= 15 is 0 Å². The first-order valence-corrected chi connectivity index (χ1v) is 7.12. The second-order valence-electron chi connectivity index (χ2n) is 4.85. The predicted octanol–water partition coefficient (Wildman–Crippen LogP) is 1.59. The molecule has 1 fully saturated rings. The molecule has 1 aromatic heterocycles. The second-order valence-corrected chi connectivity index (χ2v) is 5.22. The highest BCUT2D eigenvalue weighted by Crippen LogP contribution is 2.16. The number of rotatable bonds is 4. The molecule has 1 amide bonds. The lowest BCUT2D eigenvalue weighted by Gasteiger charge is -2.31. The van der Waals surface area contributed by atoms with Crippen LogP contribution in [0.3, 0.4) is 0 Å². The molecule has 0 radical (unpaired) electrons. The van der Waals surface area contributed by atoms with Crippen molar-refractivity contribution >= 4 is 17.5 Å². The van der Waals surface area contributed by atoms with E-state index in [1.807, 2.05) is 17.9 Å². The maximum atomic E-state index is 12.4. The summed E-state index contributed by atoms with van der Waals surface area (Å²) in [5.74, 6) is 0.576. The lowest BCUT2D eigenvalue weighted by Crippen LogP contribution is -2.41. The number of amides is 1. The average Bonchev–Trinajstić information content (AvgIpc) is 2.75. The molecular weight excluding hydrogens is 266 g/mol. The van der Waals surface area contributed by atoms with Gasteiger partial charge in [0.15, 0.2) is 0 Å². The number of alkyl halides is 1. The number of hydrogen-bond acceptors (Lipinski definition) is 3. The van der Waals surface area contributed by atoms with Gasteiger partial charge in [-0.05, 0) is 25.8 Å². The van der Waals surface area contributed by atoms with Crippen LogP contribution >= 0.6 is 11.6 Å². The van der Waals surface area contributed by atoms with Gasteiger partial charge < -0.3 is 9.64 Å². The van der Waals surface area contributed by atoms with Gasteiger partial charge in [-0.1, -0.05) is 0 Å². The SMILES string of the molecule is Cc1cc(C(=O)N2CCC(OCCCl)CC2)n(C)n1.